The Morgan fingerprint density at radius 1 is 1.25 bits per heavy atom. The zero-order valence-electron chi connectivity index (χ0n) is 14.6. The molecule has 0 radical (unpaired) electrons. The third-order valence-corrected chi connectivity index (χ3v) is 4.40. The van der Waals surface area contributed by atoms with Crippen molar-refractivity contribution in [2.75, 3.05) is 18.4 Å². The number of nitrogens with zero attached hydrogens (tertiary/aromatic N) is 3. The zero-order valence-corrected chi connectivity index (χ0v) is 14.6. The minimum Gasteiger partial charge on any atom is -0.342 e. The molecule has 2 aromatic rings. The van der Waals surface area contributed by atoms with Crippen molar-refractivity contribution >= 4 is 17.8 Å². The summed E-state index contributed by atoms with van der Waals surface area (Å²) in [5.41, 5.74) is 0.651. The Bertz CT molecular complexity index is 850. The largest absolute Gasteiger partial charge is 0.451 e. The summed E-state index contributed by atoms with van der Waals surface area (Å²) in [4.78, 5) is 29.5. The molecule has 7 nitrogen and oxygen atoms in total. The molecule has 1 aromatic carbocycles. The molecular formula is C17H17F4N5O2. The van der Waals surface area contributed by atoms with Crippen LogP contribution in [0.2, 0.25) is 0 Å². The van der Waals surface area contributed by atoms with Crippen molar-refractivity contribution in [2.24, 2.45) is 5.92 Å². The average molecular weight is 399 g/mol. The van der Waals surface area contributed by atoms with Crippen LogP contribution in [0.5, 0.6) is 0 Å². The molecule has 2 amide bonds. The Labute approximate surface area is 157 Å². The molecule has 150 valence electrons. The van der Waals surface area contributed by atoms with Crippen LogP contribution in [0.25, 0.3) is 0 Å². The van der Waals surface area contributed by atoms with Crippen LogP contribution < -0.4 is 5.32 Å². The monoisotopic (exact) mass is 399 g/mol. The van der Waals surface area contributed by atoms with Crippen molar-refractivity contribution in [3.63, 3.8) is 0 Å². The number of likely N-dealkylation sites (tertiary alicyclic amines) is 1. The van der Waals surface area contributed by atoms with E-state index >= 15 is 0 Å². The number of anilines is 1. The topological polar surface area (TPSA) is 91.0 Å². The van der Waals surface area contributed by atoms with E-state index in [9.17, 15) is 27.2 Å². The first-order valence-electron chi connectivity index (χ1n) is 8.55. The molecule has 1 aliphatic rings. The summed E-state index contributed by atoms with van der Waals surface area (Å²) in [5, 5.41) is 7.30. The number of rotatable bonds is 4. The highest BCUT2D eigenvalue weighted by Gasteiger charge is 2.36. The van der Waals surface area contributed by atoms with Gasteiger partial charge in [0.05, 0.1) is 12.3 Å². The van der Waals surface area contributed by atoms with Gasteiger partial charge in [0.2, 0.25) is 23.6 Å². The van der Waals surface area contributed by atoms with Crippen molar-refractivity contribution < 1.29 is 27.2 Å². The van der Waals surface area contributed by atoms with Gasteiger partial charge >= 0.3 is 6.18 Å². The number of benzene rings is 1. The van der Waals surface area contributed by atoms with Crippen molar-refractivity contribution in [3.8, 4) is 0 Å². The van der Waals surface area contributed by atoms with Gasteiger partial charge in [-0.3, -0.25) is 20.0 Å². The molecule has 3 rings (SSSR count). The summed E-state index contributed by atoms with van der Waals surface area (Å²) in [5.74, 6) is -3.51. The van der Waals surface area contributed by atoms with Crippen LogP contribution in [0.4, 0.5) is 23.5 Å². The lowest BCUT2D eigenvalue weighted by molar-refractivity contribution is -0.144. The van der Waals surface area contributed by atoms with Gasteiger partial charge in [-0.25, -0.2) is 4.39 Å². The van der Waals surface area contributed by atoms with Crippen LogP contribution in [0.3, 0.4) is 0 Å². The highest BCUT2D eigenvalue weighted by molar-refractivity contribution is 5.91. The van der Waals surface area contributed by atoms with Crippen LogP contribution in [-0.4, -0.2) is 45.0 Å². The van der Waals surface area contributed by atoms with Gasteiger partial charge < -0.3 is 4.90 Å². The number of aromatic amines is 1. The summed E-state index contributed by atoms with van der Waals surface area (Å²) in [6, 6.07) is 5.56. The van der Waals surface area contributed by atoms with Gasteiger partial charge in [-0.15, -0.1) is 5.10 Å². The summed E-state index contributed by atoms with van der Waals surface area (Å²) in [7, 11) is 0. The lowest BCUT2D eigenvalue weighted by atomic mass is 9.96. The molecule has 28 heavy (non-hydrogen) atoms. The number of H-pyrrole nitrogens is 1. The Morgan fingerprint density at radius 3 is 2.61 bits per heavy atom. The van der Waals surface area contributed by atoms with Crippen molar-refractivity contribution in [3.05, 3.63) is 41.5 Å². The number of amides is 2. The highest BCUT2D eigenvalue weighted by Crippen LogP contribution is 2.26. The first-order chi connectivity index (χ1) is 13.2. The van der Waals surface area contributed by atoms with E-state index in [0.717, 1.165) is 0 Å². The summed E-state index contributed by atoms with van der Waals surface area (Å²) < 4.78 is 50.5. The maximum Gasteiger partial charge on any atom is 0.451 e. The Hall–Kier alpha value is -2.98. The molecule has 0 unspecified atom stereocenters. The van der Waals surface area contributed by atoms with Gasteiger partial charge in [0.25, 0.3) is 0 Å². The fourth-order valence-electron chi connectivity index (χ4n) is 2.96. The Kier molecular flexibility index (Phi) is 5.61. The third kappa shape index (κ3) is 4.84. The van der Waals surface area contributed by atoms with Crippen molar-refractivity contribution in [2.45, 2.75) is 25.4 Å². The quantitative estimate of drug-likeness (QED) is 0.773. The summed E-state index contributed by atoms with van der Waals surface area (Å²) in [6.07, 6.45) is -3.55. The molecule has 1 fully saturated rings. The van der Waals surface area contributed by atoms with Crippen LogP contribution in [-0.2, 0) is 22.2 Å². The number of hydrogen-bond acceptors (Lipinski definition) is 4. The lowest BCUT2D eigenvalue weighted by Gasteiger charge is -2.32. The molecule has 0 aliphatic carbocycles. The lowest BCUT2D eigenvalue weighted by Crippen LogP contribution is -2.44. The number of hydrogen-bond donors (Lipinski definition) is 2. The predicted octanol–water partition coefficient (Wildman–Crippen LogP) is 2.38. The van der Waals surface area contributed by atoms with E-state index in [1.807, 2.05) is 0 Å². The first kappa shape index (κ1) is 19.8. The number of halogens is 4. The molecule has 1 aromatic heterocycles. The molecule has 2 heterocycles. The predicted molar refractivity (Wildman–Crippen MR) is 89.4 cm³/mol. The van der Waals surface area contributed by atoms with E-state index in [1.165, 1.54) is 29.2 Å². The molecule has 0 spiro atoms. The normalized spacial score (nSPS) is 17.4. The second-order valence-corrected chi connectivity index (χ2v) is 6.48. The maximum absolute atomic E-state index is 12.9. The fourth-order valence-corrected chi connectivity index (χ4v) is 2.96. The summed E-state index contributed by atoms with van der Waals surface area (Å²) >= 11 is 0. The van der Waals surface area contributed by atoms with Crippen LogP contribution in [0, 0.1) is 11.7 Å². The molecule has 0 bridgehead atoms. The van der Waals surface area contributed by atoms with Crippen LogP contribution >= 0.6 is 0 Å². The molecule has 0 saturated carbocycles. The SMILES string of the molecule is O=C(Nc1n[nH]c(C(F)(F)F)n1)[C@@H]1CCCN(C(=O)Cc2ccc(F)cc2)C1. The number of nitrogens with one attached hydrogen (secondary N) is 2. The second kappa shape index (κ2) is 7.95. The first-order valence-corrected chi connectivity index (χ1v) is 8.55. The zero-order chi connectivity index (χ0) is 20.3. The molecule has 2 N–H and O–H groups in total. The number of aromatic nitrogens is 3. The van der Waals surface area contributed by atoms with Gasteiger partial charge in [-0.1, -0.05) is 12.1 Å². The number of carbonyl (C=O) groups is 2. The second-order valence-electron chi connectivity index (χ2n) is 6.48. The molecule has 11 heteroatoms. The Morgan fingerprint density at radius 2 is 1.96 bits per heavy atom. The van der Waals surface area contributed by atoms with E-state index < -0.39 is 35.6 Å². The minimum atomic E-state index is -4.69. The minimum absolute atomic E-state index is 0.0739. The van der Waals surface area contributed by atoms with Gasteiger partial charge in [-0.2, -0.15) is 18.2 Å². The summed E-state index contributed by atoms with van der Waals surface area (Å²) in [6.45, 7) is 0.616. The molecule has 1 atom stereocenters. The third-order valence-electron chi connectivity index (χ3n) is 4.40. The van der Waals surface area contributed by atoms with E-state index in [0.29, 0.717) is 24.9 Å². The molecule has 1 aliphatic heterocycles. The fraction of sp³-hybridized carbons (Fsp3) is 0.412. The van der Waals surface area contributed by atoms with Crippen LogP contribution in [0.15, 0.2) is 24.3 Å². The van der Waals surface area contributed by atoms with Gasteiger partial charge in [-0.05, 0) is 30.5 Å². The maximum atomic E-state index is 12.9. The van der Waals surface area contributed by atoms with Crippen molar-refractivity contribution in [1.82, 2.24) is 20.1 Å². The standard InChI is InChI=1S/C17H17F4N5O2/c18-12-5-3-10(4-6-12)8-13(27)26-7-1-2-11(9-26)14(28)22-16-23-15(24-25-16)17(19,20)21/h3-6,11H,1-2,7-9H2,(H2,22,23,24,25,28)/t11-/m1/s1. The van der Waals surface area contributed by atoms with Gasteiger partial charge in [0, 0.05) is 13.1 Å². The Balaban J connectivity index is 1.57. The number of piperidine rings is 1. The average Bonchev–Trinajstić information content (AvgIpc) is 3.12. The van der Waals surface area contributed by atoms with Gasteiger partial charge in [0.15, 0.2) is 0 Å². The highest BCUT2D eigenvalue weighted by atomic mass is 19.4. The molecule has 1 saturated heterocycles. The molecular weight excluding hydrogens is 382 g/mol. The van der Waals surface area contributed by atoms with E-state index in [2.05, 4.69) is 15.4 Å². The van der Waals surface area contributed by atoms with E-state index in [-0.39, 0.29) is 18.9 Å². The van der Waals surface area contributed by atoms with Crippen LogP contribution in [0.1, 0.15) is 24.2 Å². The van der Waals surface area contributed by atoms with E-state index in [1.54, 1.807) is 5.10 Å². The number of alkyl halides is 3. The van der Waals surface area contributed by atoms with E-state index in [4.69, 9.17) is 0 Å². The van der Waals surface area contributed by atoms with Crippen molar-refractivity contribution in [1.29, 1.82) is 0 Å². The van der Waals surface area contributed by atoms with Gasteiger partial charge in [0.1, 0.15) is 5.82 Å². The number of carbonyl (C=O) groups excluding carboxylic acids is 2. The smallest absolute Gasteiger partial charge is 0.342 e.